The van der Waals surface area contributed by atoms with Crippen LogP contribution in [0.5, 0.6) is 5.75 Å². The summed E-state index contributed by atoms with van der Waals surface area (Å²) in [7, 11) is -3.91. The third-order valence-electron chi connectivity index (χ3n) is 10.5. The summed E-state index contributed by atoms with van der Waals surface area (Å²) in [5.74, 6) is -0.502. The van der Waals surface area contributed by atoms with E-state index in [1.165, 1.54) is 11.1 Å². The Labute approximate surface area is 270 Å². The number of carbonyl (C=O) groups is 2. The van der Waals surface area contributed by atoms with Crippen molar-refractivity contribution in [2.45, 2.75) is 87.9 Å². The molecule has 1 amide bonds. The van der Waals surface area contributed by atoms with E-state index in [1.807, 2.05) is 13.0 Å². The molecule has 2 aromatic carbocycles. The number of sulfonamides is 1. The summed E-state index contributed by atoms with van der Waals surface area (Å²) in [6.45, 7) is 3.30. The lowest BCUT2D eigenvalue weighted by Gasteiger charge is -2.46. The van der Waals surface area contributed by atoms with Crippen molar-refractivity contribution in [1.82, 2.24) is 4.72 Å². The number of nitrogens with zero attached hydrogens (tertiary/aromatic N) is 1. The largest absolute Gasteiger partial charge is 0.490 e. The highest BCUT2D eigenvalue weighted by Gasteiger charge is 2.45. The summed E-state index contributed by atoms with van der Waals surface area (Å²) in [4.78, 5) is 27.2. The van der Waals surface area contributed by atoms with Gasteiger partial charge in [0.25, 0.3) is 5.91 Å². The molecule has 9 nitrogen and oxygen atoms in total. The van der Waals surface area contributed by atoms with E-state index >= 15 is 0 Å². The number of benzene rings is 2. The van der Waals surface area contributed by atoms with E-state index in [0.29, 0.717) is 56.2 Å². The highest BCUT2D eigenvalue weighted by molar-refractivity contribution is 7.90. The number of anilines is 1. The number of carboxylic acids is 1. The van der Waals surface area contributed by atoms with E-state index in [4.69, 9.17) is 21.1 Å². The summed E-state index contributed by atoms with van der Waals surface area (Å²) in [5, 5.41) is 9.42. The summed E-state index contributed by atoms with van der Waals surface area (Å²) < 4.78 is 41.5. The lowest BCUT2D eigenvalue weighted by Crippen LogP contribution is -2.50. The third kappa shape index (κ3) is 6.69. The number of fused-ring (bicyclic) bond motifs is 4. The zero-order chi connectivity index (χ0) is 31.8. The van der Waals surface area contributed by atoms with Gasteiger partial charge in [0.1, 0.15) is 12.4 Å². The summed E-state index contributed by atoms with van der Waals surface area (Å²) >= 11 is 6.40. The van der Waals surface area contributed by atoms with Crippen LogP contribution in [-0.4, -0.2) is 63.1 Å². The van der Waals surface area contributed by atoms with Crippen LogP contribution in [0.2, 0.25) is 5.02 Å². The molecule has 0 saturated heterocycles. The molecule has 1 fully saturated rings. The molecule has 6 rings (SSSR count). The number of carbonyl (C=O) groups excluding carboxylic acids is 1. The van der Waals surface area contributed by atoms with Crippen LogP contribution >= 0.6 is 11.6 Å². The second-order valence-corrected chi connectivity index (χ2v) is 15.7. The average molecular weight is 659 g/mol. The molecule has 0 aromatic heterocycles. The summed E-state index contributed by atoms with van der Waals surface area (Å²) in [6.07, 6.45) is 7.46. The molecule has 2 N–H and O–H groups in total. The predicted molar refractivity (Wildman–Crippen MR) is 173 cm³/mol. The maximum absolute atomic E-state index is 13.4. The van der Waals surface area contributed by atoms with Gasteiger partial charge in [-0.05, 0) is 105 Å². The molecule has 0 unspecified atom stereocenters. The zero-order valence-corrected chi connectivity index (χ0v) is 27.4. The average Bonchev–Trinajstić information content (AvgIpc) is 3.13. The number of carboxylic acid groups (broad SMARTS) is 1. The van der Waals surface area contributed by atoms with Crippen LogP contribution in [0.1, 0.15) is 86.2 Å². The van der Waals surface area contributed by atoms with Gasteiger partial charge in [0.2, 0.25) is 10.0 Å². The molecule has 2 bridgehead atoms. The van der Waals surface area contributed by atoms with Crippen molar-refractivity contribution in [3.63, 3.8) is 0 Å². The van der Waals surface area contributed by atoms with Gasteiger partial charge in [-0.2, -0.15) is 0 Å². The molecule has 0 radical (unpaired) electrons. The molecule has 2 aliphatic heterocycles. The zero-order valence-electron chi connectivity index (χ0n) is 25.8. The van der Waals surface area contributed by atoms with Gasteiger partial charge >= 0.3 is 5.97 Å². The van der Waals surface area contributed by atoms with Gasteiger partial charge < -0.3 is 19.5 Å². The Morgan fingerprint density at radius 2 is 1.96 bits per heavy atom. The van der Waals surface area contributed by atoms with Crippen LogP contribution in [-0.2, 0) is 31.4 Å². The number of aliphatic carboxylic acids is 1. The lowest BCUT2D eigenvalue weighted by molar-refractivity contribution is -0.148. The first kappa shape index (κ1) is 32.1. The SMILES string of the molecule is CC[C@@H]1CCCC[C@H](OCC(=O)O)[C@@H]2CC[C@H]2CN2C[C@@]3(CCCc4cc(Cl)ccc43)COc3ccc(cc32)C(=O)NS1(=O)=O. The predicted octanol–water partition coefficient (Wildman–Crippen LogP) is 5.72. The minimum atomic E-state index is -3.91. The van der Waals surface area contributed by atoms with Gasteiger partial charge in [-0.3, -0.25) is 4.79 Å². The van der Waals surface area contributed by atoms with Crippen molar-refractivity contribution in [3.05, 3.63) is 58.1 Å². The topological polar surface area (TPSA) is 122 Å². The molecule has 45 heavy (non-hydrogen) atoms. The number of ether oxygens (including phenoxy) is 2. The van der Waals surface area contributed by atoms with Gasteiger partial charge in [-0.15, -0.1) is 0 Å². The molecule has 1 saturated carbocycles. The first-order chi connectivity index (χ1) is 21.6. The molecular formula is C34H43ClN2O7S. The first-order valence-corrected chi connectivity index (χ1v) is 18.2. The van der Waals surface area contributed by atoms with Crippen LogP contribution in [0.4, 0.5) is 5.69 Å². The Morgan fingerprint density at radius 1 is 1.13 bits per heavy atom. The van der Waals surface area contributed by atoms with Gasteiger partial charge in [0.05, 0.1) is 23.6 Å². The van der Waals surface area contributed by atoms with Crippen LogP contribution in [0.25, 0.3) is 0 Å². The molecule has 2 aromatic rings. The monoisotopic (exact) mass is 658 g/mol. The summed E-state index contributed by atoms with van der Waals surface area (Å²) in [5.41, 5.74) is 3.22. The third-order valence-corrected chi connectivity index (χ3v) is 12.7. The standard InChI is InChI=1S/C34H43ClN2O7S/c1-2-26-7-3-4-8-30(43-19-32(38)39)27-12-9-24(27)18-37-20-34(15-5-6-22-16-25(35)11-13-28(22)34)21-44-31-14-10-23(17-29(31)37)33(40)36-45(26,41)42/h10-11,13-14,16-17,24,26-27,30H,2-9,12,15,18-21H2,1H3,(H,36,40)(H,38,39)/t24-,26+,27+,30-,34-/m0/s1. The Hall–Kier alpha value is -2.82. The number of rotatable bonds is 4. The molecule has 5 atom stereocenters. The van der Waals surface area contributed by atoms with Crippen molar-refractivity contribution in [1.29, 1.82) is 0 Å². The smallest absolute Gasteiger partial charge is 0.329 e. The van der Waals surface area contributed by atoms with Crippen molar-refractivity contribution in [2.24, 2.45) is 11.8 Å². The molecule has 2 aliphatic carbocycles. The highest BCUT2D eigenvalue weighted by Crippen LogP contribution is 2.47. The van der Waals surface area contributed by atoms with Crippen molar-refractivity contribution < 1.29 is 32.6 Å². The number of amides is 1. The Balaban J connectivity index is 1.40. The van der Waals surface area contributed by atoms with Gasteiger partial charge in [-0.1, -0.05) is 37.4 Å². The molecule has 4 aliphatic rings. The van der Waals surface area contributed by atoms with E-state index in [2.05, 4.69) is 21.8 Å². The first-order valence-electron chi connectivity index (χ1n) is 16.3. The maximum Gasteiger partial charge on any atom is 0.329 e. The van der Waals surface area contributed by atoms with Crippen LogP contribution in [0.15, 0.2) is 36.4 Å². The summed E-state index contributed by atoms with van der Waals surface area (Å²) in [6, 6.07) is 11.3. The molecule has 11 heteroatoms. The minimum absolute atomic E-state index is 0.190. The fraction of sp³-hybridized carbons (Fsp3) is 0.588. The van der Waals surface area contributed by atoms with Crippen molar-refractivity contribution in [2.75, 3.05) is 31.2 Å². The number of hydrogen-bond acceptors (Lipinski definition) is 7. The van der Waals surface area contributed by atoms with Gasteiger partial charge in [-0.25, -0.2) is 17.9 Å². The Morgan fingerprint density at radius 3 is 2.71 bits per heavy atom. The molecule has 1 spiro atoms. The number of halogens is 1. The van der Waals surface area contributed by atoms with Gasteiger partial charge in [0, 0.05) is 29.1 Å². The lowest BCUT2D eigenvalue weighted by atomic mass is 9.68. The van der Waals surface area contributed by atoms with Gasteiger partial charge in [0.15, 0.2) is 0 Å². The fourth-order valence-corrected chi connectivity index (χ4v) is 9.67. The number of nitrogens with one attached hydrogen (secondary N) is 1. The van der Waals surface area contributed by atoms with E-state index in [0.717, 1.165) is 44.2 Å². The Bertz CT molecular complexity index is 1550. The molecule has 2 heterocycles. The van der Waals surface area contributed by atoms with Crippen molar-refractivity contribution >= 4 is 39.2 Å². The highest BCUT2D eigenvalue weighted by atomic mass is 35.5. The van der Waals surface area contributed by atoms with Crippen LogP contribution in [0.3, 0.4) is 0 Å². The van der Waals surface area contributed by atoms with Crippen molar-refractivity contribution in [3.8, 4) is 5.75 Å². The van der Waals surface area contributed by atoms with Crippen LogP contribution < -0.4 is 14.4 Å². The van der Waals surface area contributed by atoms with E-state index in [1.54, 1.807) is 18.2 Å². The van der Waals surface area contributed by atoms with E-state index < -0.39 is 27.1 Å². The minimum Gasteiger partial charge on any atom is -0.490 e. The normalized spacial score (nSPS) is 29.7. The van der Waals surface area contributed by atoms with E-state index in [9.17, 15) is 23.1 Å². The quantitative estimate of drug-likeness (QED) is 0.428. The Kier molecular flexibility index (Phi) is 9.37. The fourth-order valence-electron chi connectivity index (χ4n) is 8.02. The molecule has 244 valence electrons. The number of hydrogen-bond donors (Lipinski definition) is 2. The van der Waals surface area contributed by atoms with Crippen LogP contribution in [0, 0.1) is 11.8 Å². The number of aryl methyl sites for hydroxylation is 1. The van der Waals surface area contributed by atoms with E-state index in [-0.39, 0.29) is 35.5 Å². The second kappa shape index (κ2) is 13.1. The maximum atomic E-state index is 13.4. The molecular weight excluding hydrogens is 616 g/mol. The second-order valence-electron chi connectivity index (χ2n) is 13.3.